The highest BCUT2D eigenvalue weighted by Crippen LogP contribution is 2.15. The van der Waals surface area contributed by atoms with Crippen LogP contribution in [-0.2, 0) is 4.79 Å². The molecule has 1 aromatic heterocycles. The van der Waals surface area contributed by atoms with Gasteiger partial charge >= 0.3 is 0 Å². The fourth-order valence-corrected chi connectivity index (χ4v) is 2.34. The summed E-state index contributed by atoms with van der Waals surface area (Å²) >= 11 is 0. The van der Waals surface area contributed by atoms with E-state index >= 15 is 0 Å². The van der Waals surface area contributed by atoms with E-state index in [4.69, 9.17) is 0 Å². The summed E-state index contributed by atoms with van der Waals surface area (Å²) in [6, 6.07) is 4.36. The monoisotopic (exact) mass is 247 g/mol. The van der Waals surface area contributed by atoms with E-state index in [-0.39, 0.29) is 5.91 Å². The van der Waals surface area contributed by atoms with Crippen LogP contribution in [0, 0.1) is 13.8 Å². The maximum Gasteiger partial charge on any atom is 0.224 e. The van der Waals surface area contributed by atoms with Gasteiger partial charge in [-0.1, -0.05) is 0 Å². The van der Waals surface area contributed by atoms with Crippen molar-refractivity contribution in [1.82, 2.24) is 10.3 Å². The third-order valence-electron chi connectivity index (χ3n) is 3.38. The first-order valence-corrected chi connectivity index (χ1v) is 6.62. The van der Waals surface area contributed by atoms with Crippen LogP contribution in [0.25, 0.3) is 0 Å². The Hall–Kier alpha value is -1.42. The molecule has 2 rings (SSSR count). The van der Waals surface area contributed by atoms with Crippen LogP contribution >= 0.6 is 0 Å². The fourth-order valence-electron chi connectivity index (χ4n) is 2.34. The van der Waals surface area contributed by atoms with Gasteiger partial charge in [-0.25, -0.2) is 0 Å². The topological polar surface area (TPSA) is 54.0 Å². The van der Waals surface area contributed by atoms with Crippen molar-refractivity contribution in [3.8, 4) is 0 Å². The predicted molar refractivity (Wildman–Crippen MR) is 72.6 cm³/mol. The van der Waals surface area contributed by atoms with Gasteiger partial charge in [-0.3, -0.25) is 9.78 Å². The first kappa shape index (κ1) is 13.0. The molecule has 0 radical (unpaired) electrons. The van der Waals surface area contributed by atoms with Gasteiger partial charge in [0.1, 0.15) is 0 Å². The number of hydrogen-bond acceptors (Lipinski definition) is 3. The molecule has 0 aromatic carbocycles. The quantitative estimate of drug-likeness (QED) is 0.857. The smallest absolute Gasteiger partial charge is 0.224 e. The number of hydrogen-bond donors (Lipinski definition) is 2. The van der Waals surface area contributed by atoms with Crippen LogP contribution in [0.15, 0.2) is 12.1 Å². The number of carbonyl (C=O) groups is 1. The number of pyridine rings is 1. The first-order valence-electron chi connectivity index (χ1n) is 6.62. The Morgan fingerprint density at radius 2 is 2.33 bits per heavy atom. The van der Waals surface area contributed by atoms with Crippen molar-refractivity contribution in [1.29, 1.82) is 0 Å². The molecule has 1 aliphatic heterocycles. The lowest BCUT2D eigenvalue weighted by Crippen LogP contribution is -2.23. The number of aryl methyl sites for hydroxylation is 2. The molecule has 0 aliphatic carbocycles. The molecule has 1 amide bonds. The normalized spacial score (nSPS) is 18.9. The summed E-state index contributed by atoms with van der Waals surface area (Å²) in [4.78, 5) is 16.2. The number of rotatable bonds is 4. The zero-order chi connectivity index (χ0) is 13.0. The number of aromatic nitrogens is 1. The van der Waals surface area contributed by atoms with Crippen LogP contribution in [0.5, 0.6) is 0 Å². The Morgan fingerprint density at radius 1 is 1.50 bits per heavy atom. The second kappa shape index (κ2) is 5.96. The largest absolute Gasteiger partial charge is 0.325 e. The molecule has 1 aromatic rings. The van der Waals surface area contributed by atoms with Gasteiger partial charge in [0.15, 0.2) is 0 Å². The highest BCUT2D eigenvalue weighted by molar-refractivity contribution is 5.91. The van der Waals surface area contributed by atoms with Gasteiger partial charge in [0.05, 0.1) is 11.4 Å². The van der Waals surface area contributed by atoms with E-state index in [9.17, 15) is 4.79 Å². The number of nitrogens with one attached hydrogen (secondary N) is 2. The Kier molecular flexibility index (Phi) is 4.31. The molecule has 18 heavy (non-hydrogen) atoms. The lowest BCUT2D eigenvalue weighted by atomic mass is 10.1. The van der Waals surface area contributed by atoms with Crippen molar-refractivity contribution in [2.24, 2.45) is 0 Å². The maximum atomic E-state index is 11.8. The second-order valence-corrected chi connectivity index (χ2v) is 4.97. The Balaban J connectivity index is 1.82. The minimum atomic E-state index is 0.0810. The summed E-state index contributed by atoms with van der Waals surface area (Å²) in [7, 11) is 0. The molecule has 1 fully saturated rings. The second-order valence-electron chi connectivity index (χ2n) is 4.97. The molecule has 0 bridgehead atoms. The van der Waals surface area contributed by atoms with Crippen LogP contribution in [-0.4, -0.2) is 23.5 Å². The summed E-state index contributed by atoms with van der Waals surface area (Å²) in [6.07, 6.45) is 3.92. The minimum Gasteiger partial charge on any atom is -0.325 e. The summed E-state index contributed by atoms with van der Waals surface area (Å²) in [6.45, 7) is 4.96. The number of nitrogens with zero attached hydrogens (tertiary/aromatic N) is 1. The Bertz CT molecular complexity index is 425. The van der Waals surface area contributed by atoms with Crippen LogP contribution in [0.4, 0.5) is 5.69 Å². The molecule has 98 valence electrons. The molecule has 1 aliphatic rings. The van der Waals surface area contributed by atoms with Crippen molar-refractivity contribution in [3.05, 3.63) is 23.5 Å². The average molecular weight is 247 g/mol. The van der Waals surface area contributed by atoms with Crippen molar-refractivity contribution in [2.75, 3.05) is 11.9 Å². The molecule has 2 N–H and O–H groups in total. The SMILES string of the molecule is Cc1ccc(NC(=O)CCC2CCCN2)c(C)n1. The van der Waals surface area contributed by atoms with Gasteiger partial charge in [0, 0.05) is 18.2 Å². The molecule has 2 heterocycles. The van der Waals surface area contributed by atoms with Gasteiger partial charge < -0.3 is 10.6 Å². The Morgan fingerprint density at radius 3 is 3.00 bits per heavy atom. The highest BCUT2D eigenvalue weighted by atomic mass is 16.1. The summed E-state index contributed by atoms with van der Waals surface area (Å²) in [5.74, 6) is 0.0810. The van der Waals surface area contributed by atoms with Crippen LogP contribution in [0.2, 0.25) is 0 Å². The van der Waals surface area contributed by atoms with Crippen molar-refractivity contribution < 1.29 is 4.79 Å². The third kappa shape index (κ3) is 3.53. The molecule has 1 unspecified atom stereocenters. The van der Waals surface area contributed by atoms with Gasteiger partial charge in [0.25, 0.3) is 0 Å². The van der Waals surface area contributed by atoms with E-state index in [2.05, 4.69) is 15.6 Å². The molecule has 1 saturated heterocycles. The Labute approximate surface area is 108 Å². The third-order valence-corrected chi connectivity index (χ3v) is 3.38. The lowest BCUT2D eigenvalue weighted by molar-refractivity contribution is -0.116. The van der Waals surface area contributed by atoms with E-state index in [0.29, 0.717) is 12.5 Å². The van der Waals surface area contributed by atoms with Crippen LogP contribution in [0.1, 0.15) is 37.1 Å². The maximum absolute atomic E-state index is 11.8. The fraction of sp³-hybridized carbons (Fsp3) is 0.571. The zero-order valence-corrected chi connectivity index (χ0v) is 11.1. The molecule has 4 heteroatoms. The summed E-state index contributed by atoms with van der Waals surface area (Å²) in [5.41, 5.74) is 2.67. The number of carbonyl (C=O) groups excluding carboxylic acids is 1. The van der Waals surface area contributed by atoms with E-state index in [1.165, 1.54) is 12.8 Å². The minimum absolute atomic E-state index is 0.0810. The lowest BCUT2D eigenvalue weighted by Gasteiger charge is -2.11. The highest BCUT2D eigenvalue weighted by Gasteiger charge is 2.15. The average Bonchev–Trinajstić information content (AvgIpc) is 2.83. The molecular weight excluding hydrogens is 226 g/mol. The van der Waals surface area contributed by atoms with Crippen LogP contribution in [0.3, 0.4) is 0 Å². The zero-order valence-electron chi connectivity index (χ0n) is 11.1. The van der Waals surface area contributed by atoms with Gasteiger partial charge in [0.2, 0.25) is 5.91 Å². The number of anilines is 1. The molecule has 4 nitrogen and oxygen atoms in total. The van der Waals surface area contributed by atoms with E-state index in [1.54, 1.807) is 0 Å². The molecule has 1 atom stereocenters. The summed E-state index contributed by atoms with van der Waals surface area (Å²) < 4.78 is 0. The first-order chi connectivity index (χ1) is 8.65. The molecular formula is C14H21N3O. The van der Waals surface area contributed by atoms with E-state index < -0.39 is 0 Å². The predicted octanol–water partition coefficient (Wildman–Crippen LogP) is 2.17. The van der Waals surface area contributed by atoms with Crippen molar-refractivity contribution >= 4 is 11.6 Å². The van der Waals surface area contributed by atoms with Gasteiger partial charge in [-0.2, -0.15) is 0 Å². The standard InChI is InChI=1S/C14H21N3O/c1-10-5-7-13(11(2)16-10)17-14(18)8-6-12-4-3-9-15-12/h5,7,12,15H,3-4,6,8-9H2,1-2H3,(H,17,18). The molecule has 0 saturated carbocycles. The van der Waals surface area contributed by atoms with Gasteiger partial charge in [-0.05, 0) is 51.8 Å². The van der Waals surface area contributed by atoms with Crippen molar-refractivity contribution in [2.45, 2.75) is 45.6 Å². The number of amides is 1. The van der Waals surface area contributed by atoms with E-state index in [1.807, 2.05) is 26.0 Å². The molecule has 0 spiro atoms. The van der Waals surface area contributed by atoms with Crippen LogP contribution < -0.4 is 10.6 Å². The van der Waals surface area contributed by atoms with Gasteiger partial charge in [-0.15, -0.1) is 0 Å². The van der Waals surface area contributed by atoms with E-state index in [0.717, 1.165) is 30.0 Å². The summed E-state index contributed by atoms with van der Waals surface area (Å²) in [5, 5.41) is 6.33. The van der Waals surface area contributed by atoms with Crippen molar-refractivity contribution in [3.63, 3.8) is 0 Å².